The van der Waals surface area contributed by atoms with E-state index < -0.39 is 0 Å². The second-order valence-electron chi connectivity index (χ2n) is 4.98. The van der Waals surface area contributed by atoms with Gasteiger partial charge in [-0.3, -0.25) is 4.79 Å². The zero-order valence-electron chi connectivity index (χ0n) is 10.8. The van der Waals surface area contributed by atoms with Crippen LogP contribution in [0.3, 0.4) is 0 Å². The maximum atomic E-state index is 12.2. The summed E-state index contributed by atoms with van der Waals surface area (Å²) in [6.07, 6.45) is 0.175. The maximum absolute atomic E-state index is 12.2. The molecule has 6 nitrogen and oxygen atoms in total. The summed E-state index contributed by atoms with van der Waals surface area (Å²) in [5.74, 6) is 0.103. The summed E-state index contributed by atoms with van der Waals surface area (Å²) in [5, 5.41) is 12.4. The first-order chi connectivity index (χ1) is 8.69. The first kappa shape index (κ1) is 13.7. The number of hydrogen-bond acceptors (Lipinski definition) is 5. The fourth-order valence-electron chi connectivity index (χ4n) is 2.44. The summed E-state index contributed by atoms with van der Waals surface area (Å²) in [6.45, 7) is 5.07. The van der Waals surface area contributed by atoms with Crippen molar-refractivity contribution in [3.8, 4) is 0 Å². The number of amides is 1. The Morgan fingerprint density at radius 1 is 1.50 bits per heavy atom. The molecule has 6 heteroatoms. The van der Waals surface area contributed by atoms with E-state index in [2.05, 4.69) is 5.32 Å². The van der Waals surface area contributed by atoms with Crippen molar-refractivity contribution in [2.24, 2.45) is 0 Å². The fourth-order valence-corrected chi connectivity index (χ4v) is 2.44. The fraction of sp³-hybridized carbons (Fsp3) is 0.917. The number of carbonyl (C=O) groups excluding carboxylic acids is 1. The third kappa shape index (κ3) is 3.65. The average molecular weight is 258 g/mol. The van der Waals surface area contributed by atoms with Gasteiger partial charge in [0.2, 0.25) is 5.91 Å². The molecule has 0 aromatic heterocycles. The maximum Gasteiger partial charge on any atom is 0.224 e. The molecule has 3 unspecified atom stereocenters. The molecule has 18 heavy (non-hydrogen) atoms. The van der Waals surface area contributed by atoms with Crippen LogP contribution in [-0.2, 0) is 14.3 Å². The molecular weight excluding hydrogens is 236 g/mol. The summed E-state index contributed by atoms with van der Waals surface area (Å²) in [6, 6.07) is 0.108. The Kier molecular flexibility index (Phi) is 4.94. The van der Waals surface area contributed by atoms with Gasteiger partial charge in [0.05, 0.1) is 32.0 Å². The monoisotopic (exact) mass is 258 g/mol. The Labute approximate surface area is 107 Å². The molecule has 2 aliphatic rings. The Morgan fingerprint density at radius 3 is 3.00 bits per heavy atom. The minimum absolute atomic E-state index is 0.0181. The van der Waals surface area contributed by atoms with Crippen molar-refractivity contribution in [1.82, 2.24) is 10.2 Å². The topological polar surface area (TPSA) is 71.0 Å². The quantitative estimate of drug-likeness (QED) is 0.677. The van der Waals surface area contributed by atoms with Gasteiger partial charge in [-0.15, -0.1) is 0 Å². The number of nitrogens with zero attached hydrogens (tertiary/aromatic N) is 1. The van der Waals surface area contributed by atoms with E-state index in [1.165, 1.54) is 0 Å². The molecule has 0 bridgehead atoms. The van der Waals surface area contributed by atoms with E-state index >= 15 is 0 Å². The van der Waals surface area contributed by atoms with Crippen LogP contribution in [0.2, 0.25) is 0 Å². The molecule has 1 amide bonds. The van der Waals surface area contributed by atoms with Crippen molar-refractivity contribution in [3.63, 3.8) is 0 Å². The normalized spacial score (nSPS) is 33.4. The molecule has 0 radical (unpaired) electrons. The van der Waals surface area contributed by atoms with Crippen LogP contribution in [-0.4, -0.2) is 73.6 Å². The zero-order valence-corrected chi connectivity index (χ0v) is 10.8. The number of ether oxygens (including phenoxy) is 2. The highest BCUT2D eigenvalue weighted by atomic mass is 16.5. The highest BCUT2D eigenvalue weighted by molar-refractivity contribution is 5.77. The molecule has 0 aromatic rings. The molecule has 0 aliphatic carbocycles. The molecule has 3 atom stereocenters. The number of carbonyl (C=O) groups is 1. The van der Waals surface area contributed by atoms with E-state index in [1.54, 1.807) is 4.90 Å². The number of aliphatic hydroxyl groups is 1. The van der Waals surface area contributed by atoms with E-state index in [0.717, 1.165) is 6.54 Å². The largest absolute Gasteiger partial charge is 0.394 e. The highest BCUT2D eigenvalue weighted by Crippen LogP contribution is 2.13. The van der Waals surface area contributed by atoms with Crippen molar-refractivity contribution in [3.05, 3.63) is 0 Å². The van der Waals surface area contributed by atoms with Gasteiger partial charge in [0.25, 0.3) is 0 Å². The summed E-state index contributed by atoms with van der Waals surface area (Å²) < 4.78 is 10.9. The molecule has 104 valence electrons. The van der Waals surface area contributed by atoms with Gasteiger partial charge in [-0.05, 0) is 6.92 Å². The van der Waals surface area contributed by atoms with Crippen molar-refractivity contribution in [2.75, 3.05) is 39.5 Å². The predicted molar refractivity (Wildman–Crippen MR) is 65.2 cm³/mol. The van der Waals surface area contributed by atoms with Gasteiger partial charge in [-0.1, -0.05) is 0 Å². The van der Waals surface area contributed by atoms with Crippen LogP contribution in [0.5, 0.6) is 0 Å². The first-order valence-electron chi connectivity index (χ1n) is 6.54. The van der Waals surface area contributed by atoms with Crippen LogP contribution < -0.4 is 5.32 Å². The number of hydrogen-bond donors (Lipinski definition) is 2. The SMILES string of the molecule is CC1CN(C(=O)CC2COCCN2)CC(CO)O1. The molecule has 2 aliphatic heterocycles. The van der Waals surface area contributed by atoms with Crippen molar-refractivity contribution in [1.29, 1.82) is 0 Å². The van der Waals surface area contributed by atoms with Gasteiger partial charge in [-0.2, -0.15) is 0 Å². The van der Waals surface area contributed by atoms with Gasteiger partial charge in [0.15, 0.2) is 0 Å². The smallest absolute Gasteiger partial charge is 0.224 e. The molecule has 2 heterocycles. The lowest BCUT2D eigenvalue weighted by molar-refractivity contribution is -0.148. The second-order valence-corrected chi connectivity index (χ2v) is 4.98. The Balaban J connectivity index is 1.83. The van der Waals surface area contributed by atoms with Gasteiger partial charge in [-0.25, -0.2) is 0 Å². The van der Waals surface area contributed by atoms with Crippen LogP contribution in [0.1, 0.15) is 13.3 Å². The standard InChI is InChI=1S/C12H22N2O4/c1-9-5-14(6-11(7-15)18-9)12(16)4-10-8-17-3-2-13-10/h9-11,13,15H,2-8H2,1H3. The number of nitrogens with one attached hydrogen (secondary N) is 1. The van der Waals surface area contributed by atoms with Crippen LogP contribution in [0.25, 0.3) is 0 Å². The molecule has 0 saturated carbocycles. The molecule has 2 rings (SSSR count). The van der Waals surface area contributed by atoms with Crippen molar-refractivity contribution in [2.45, 2.75) is 31.6 Å². The molecule has 2 N–H and O–H groups in total. The lowest BCUT2D eigenvalue weighted by Gasteiger charge is -2.37. The van der Waals surface area contributed by atoms with Crippen molar-refractivity contribution >= 4 is 5.91 Å². The average Bonchev–Trinajstić information content (AvgIpc) is 2.39. The lowest BCUT2D eigenvalue weighted by Crippen LogP contribution is -2.52. The highest BCUT2D eigenvalue weighted by Gasteiger charge is 2.29. The summed E-state index contributed by atoms with van der Waals surface area (Å²) in [5.41, 5.74) is 0. The van der Waals surface area contributed by atoms with E-state index in [0.29, 0.717) is 32.7 Å². The number of aliphatic hydroxyl groups excluding tert-OH is 1. The van der Waals surface area contributed by atoms with Crippen molar-refractivity contribution < 1.29 is 19.4 Å². The Hall–Kier alpha value is -0.690. The van der Waals surface area contributed by atoms with Crippen LogP contribution in [0.15, 0.2) is 0 Å². The lowest BCUT2D eigenvalue weighted by atomic mass is 10.1. The molecule has 2 saturated heterocycles. The third-order valence-electron chi connectivity index (χ3n) is 3.30. The summed E-state index contributed by atoms with van der Waals surface area (Å²) >= 11 is 0. The van der Waals surface area contributed by atoms with E-state index in [-0.39, 0.29) is 30.8 Å². The number of morpholine rings is 2. The zero-order chi connectivity index (χ0) is 13.0. The Morgan fingerprint density at radius 2 is 2.33 bits per heavy atom. The minimum Gasteiger partial charge on any atom is -0.394 e. The van der Waals surface area contributed by atoms with E-state index in [4.69, 9.17) is 14.6 Å². The first-order valence-corrected chi connectivity index (χ1v) is 6.54. The molecule has 0 aromatic carbocycles. The van der Waals surface area contributed by atoms with Crippen LogP contribution >= 0.6 is 0 Å². The molecule has 0 spiro atoms. The Bertz CT molecular complexity index is 281. The van der Waals surface area contributed by atoms with Gasteiger partial charge in [0, 0.05) is 32.1 Å². The van der Waals surface area contributed by atoms with Crippen LogP contribution in [0, 0.1) is 0 Å². The van der Waals surface area contributed by atoms with E-state index in [9.17, 15) is 4.79 Å². The molecule has 2 fully saturated rings. The van der Waals surface area contributed by atoms with Gasteiger partial charge in [0.1, 0.15) is 0 Å². The summed E-state index contributed by atoms with van der Waals surface area (Å²) in [4.78, 5) is 13.9. The summed E-state index contributed by atoms with van der Waals surface area (Å²) in [7, 11) is 0. The van der Waals surface area contributed by atoms with Gasteiger partial charge >= 0.3 is 0 Å². The number of rotatable bonds is 3. The molecular formula is C12H22N2O4. The minimum atomic E-state index is -0.256. The van der Waals surface area contributed by atoms with Gasteiger partial charge < -0.3 is 24.8 Å². The third-order valence-corrected chi connectivity index (χ3v) is 3.30. The predicted octanol–water partition coefficient (Wildman–Crippen LogP) is -1.03. The van der Waals surface area contributed by atoms with E-state index in [1.807, 2.05) is 6.92 Å². The van der Waals surface area contributed by atoms with Crippen LogP contribution in [0.4, 0.5) is 0 Å². The second kappa shape index (κ2) is 6.47.